The molecule has 1 saturated heterocycles. The second kappa shape index (κ2) is 4.80. The molecule has 1 fully saturated rings. The van der Waals surface area contributed by atoms with Crippen molar-refractivity contribution in [2.75, 3.05) is 26.8 Å². The standard InChI is InChI=1S/C9H18NO2/c1-8(7-11)10-5-3-9(12-2)4-6-10/h8,11H,3-7H2,1-2H3. The second-order valence-electron chi connectivity index (χ2n) is 3.31. The van der Waals surface area contributed by atoms with Gasteiger partial charge in [-0.25, -0.2) is 0 Å². The average molecular weight is 172 g/mol. The number of aliphatic hydroxyl groups is 1. The van der Waals surface area contributed by atoms with Gasteiger partial charge in [0.1, 0.15) is 0 Å². The largest absolute Gasteiger partial charge is 0.395 e. The summed E-state index contributed by atoms with van der Waals surface area (Å²) in [5.41, 5.74) is 0. The van der Waals surface area contributed by atoms with E-state index >= 15 is 0 Å². The Kier molecular flexibility index (Phi) is 3.98. The normalized spacial score (nSPS) is 24.2. The van der Waals surface area contributed by atoms with E-state index in [0.29, 0.717) is 6.04 Å². The molecule has 0 bridgehead atoms. The van der Waals surface area contributed by atoms with E-state index in [9.17, 15) is 0 Å². The number of aliphatic hydroxyl groups excluding tert-OH is 1. The third kappa shape index (κ3) is 2.44. The fraction of sp³-hybridized carbons (Fsp3) is 0.889. The lowest BCUT2D eigenvalue weighted by Crippen LogP contribution is -2.41. The molecule has 0 aromatic heterocycles. The quantitative estimate of drug-likeness (QED) is 0.678. The van der Waals surface area contributed by atoms with Crippen LogP contribution in [0.3, 0.4) is 0 Å². The van der Waals surface area contributed by atoms with Crippen molar-refractivity contribution in [1.82, 2.24) is 4.90 Å². The van der Waals surface area contributed by atoms with E-state index < -0.39 is 0 Å². The van der Waals surface area contributed by atoms with E-state index in [4.69, 9.17) is 9.84 Å². The molecule has 3 heteroatoms. The van der Waals surface area contributed by atoms with E-state index in [0.717, 1.165) is 25.9 Å². The Labute approximate surface area is 74.3 Å². The Morgan fingerprint density at radius 1 is 1.50 bits per heavy atom. The minimum Gasteiger partial charge on any atom is -0.395 e. The monoisotopic (exact) mass is 172 g/mol. The first-order chi connectivity index (χ1) is 5.77. The van der Waals surface area contributed by atoms with Crippen LogP contribution in [0.4, 0.5) is 0 Å². The van der Waals surface area contributed by atoms with Gasteiger partial charge < -0.3 is 9.84 Å². The van der Waals surface area contributed by atoms with Crippen molar-refractivity contribution in [1.29, 1.82) is 0 Å². The molecule has 0 aromatic carbocycles. The molecule has 0 saturated carbocycles. The highest BCUT2D eigenvalue weighted by Crippen LogP contribution is 2.20. The number of nitrogens with zero attached hydrogens (tertiary/aromatic N) is 1. The lowest BCUT2D eigenvalue weighted by molar-refractivity contribution is 0.0766. The number of hydrogen-bond donors (Lipinski definition) is 1. The maximum absolute atomic E-state index is 8.93. The zero-order valence-corrected chi connectivity index (χ0v) is 7.92. The van der Waals surface area contributed by atoms with Gasteiger partial charge in [0.15, 0.2) is 0 Å². The van der Waals surface area contributed by atoms with Gasteiger partial charge in [-0.3, -0.25) is 4.90 Å². The van der Waals surface area contributed by atoms with Crippen LogP contribution in [0.15, 0.2) is 0 Å². The highest BCUT2D eigenvalue weighted by Gasteiger charge is 2.22. The minimum atomic E-state index is 0.252. The zero-order chi connectivity index (χ0) is 8.97. The van der Waals surface area contributed by atoms with Crippen molar-refractivity contribution >= 4 is 0 Å². The summed E-state index contributed by atoms with van der Waals surface area (Å²) in [7, 11) is 1.74. The number of likely N-dealkylation sites (tertiary alicyclic amines) is 1. The molecule has 71 valence electrons. The second-order valence-corrected chi connectivity index (χ2v) is 3.31. The third-order valence-electron chi connectivity index (χ3n) is 2.53. The predicted octanol–water partition coefficient (Wildman–Crippen LogP) is 0.641. The third-order valence-corrected chi connectivity index (χ3v) is 2.53. The van der Waals surface area contributed by atoms with Crippen LogP contribution in [-0.2, 0) is 4.74 Å². The molecule has 1 radical (unpaired) electrons. The smallest absolute Gasteiger partial charge is 0.0992 e. The summed E-state index contributed by atoms with van der Waals surface area (Å²) in [4.78, 5) is 2.29. The molecule has 1 unspecified atom stereocenters. The van der Waals surface area contributed by atoms with Crippen LogP contribution in [0.1, 0.15) is 19.8 Å². The first-order valence-electron chi connectivity index (χ1n) is 4.51. The molecule has 0 aliphatic carbocycles. The topological polar surface area (TPSA) is 32.7 Å². The van der Waals surface area contributed by atoms with Crippen LogP contribution in [0.5, 0.6) is 0 Å². The molecule has 0 aromatic rings. The van der Waals surface area contributed by atoms with Gasteiger partial charge in [-0.05, 0) is 19.8 Å². The van der Waals surface area contributed by atoms with Gasteiger partial charge >= 0.3 is 0 Å². The van der Waals surface area contributed by atoms with Gasteiger partial charge in [-0.2, -0.15) is 0 Å². The number of ether oxygens (including phenoxy) is 1. The van der Waals surface area contributed by atoms with Gasteiger partial charge in [-0.15, -0.1) is 0 Å². The molecular formula is C9H18NO2. The lowest BCUT2D eigenvalue weighted by Gasteiger charge is -2.34. The van der Waals surface area contributed by atoms with Crippen LogP contribution in [0.25, 0.3) is 0 Å². The number of methoxy groups -OCH3 is 1. The van der Waals surface area contributed by atoms with Gasteiger partial charge in [-0.1, -0.05) is 0 Å². The van der Waals surface area contributed by atoms with Crippen molar-refractivity contribution in [3.8, 4) is 0 Å². The molecular weight excluding hydrogens is 154 g/mol. The maximum Gasteiger partial charge on any atom is 0.0992 e. The zero-order valence-electron chi connectivity index (χ0n) is 7.92. The summed E-state index contributed by atoms with van der Waals surface area (Å²) in [6.07, 6.45) is 3.22. The highest BCUT2D eigenvalue weighted by molar-refractivity contribution is 4.87. The van der Waals surface area contributed by atoms with Crippen LogP contribution >= 0.6 is 0 Å². The lowest BCUT2D eigenvalue weighted by atomic mass is 10.1. The molecule has 0 spiro atoms. The maximum atomic E-state index is 8.93. The van der Waals surface area contributed by atoms with Gasteiger partial charge in [0.25, 0.3) is 0 Å². The molecule has 3 nitrogen and oxygen atoms in total. The molecule has 12 heavy (non-hydrogen) atoms. The number of piperidine rings is 1. The van der Waals surface area contributed by atoms with Crippen LogP contribution in [0.2, 0.25) is 0 Å². The van der Waals surface area contributed by atoms with E-state index in [1.165, 1.54) is 6.10 Å². The molecule has 0 amide bonds. The van der Waals surface area contributed by atoms with Gasteiger partial charge in [0.05, 0.1) is 12.7 Å². The van der Waals surface area contributed by atoms with Crippen LogP contribution < -0.4 is 0 Å². The number of hydrogen-bond acceptors (Lipinski definition) is 3. The Hall–Kier alpha value is -0.120. The van der Waals surface area contributed by atoms with E-state index in [2.05, 4.69) is 11.8 Å². The Balaban J connectivity index is 2.25. The van der Waals surface area contributed by atoms with Gasteiger partial charge in [0.2, 0.25) is 0 Å². The van der Waals surface area contributed by atoms with E-state index in [1.807, 2.05) is 0 Å². The van der Waals surface area contributed by atoms with Crippen molar-refractivity contribution < 1.29 is 9.84 Å². The average Bonchev–Trinajstić information content (AvgIpc) is 2.17. The first-order valence-corrected chi connectivity index (χ1v) is 4.51. The van der Waals surface area contributed by atoms with E-state index in [-0.39, 0.29) is 6.61 Å². The van der Waals surface area contributed by atoms with Crippen LogP contribution in [0, 0.1) is 6.10 Å². The molecule has 1 atom stereocenters. The Bertz CT molecular complexity index is 122. The summed E-state index contributed by atoms with van der Waals surface area (Å²) >= 11 is 0. The van der Waals surface area contributed by atoms with Crippen LogP contribution in [-0.4, -0.2) is 42.9 Å². The van der Waals surface area contributed by atoms with Gasteiger partial charge in [0, 0.05) is 26.2 Å². The molecule has 1 N–H and O–H groups in total. The Morgan fingerprint density at radius 3 is 2.50 bits per heavy atom. The fourth-order valence-corrected chi connectivity index (χ4v) is 1.53. The highest BCUT2D eigenvalue weighted by atomic mass is 16.5. The Morgan fingerprint density at radius 2 is 2.08 bits per heavy atom. The number of rotatable bonds is 3. The summed E-state index contributed by atoms with van der Waals surface area (Å²) < 4.78 is 5.18. The minimum absolute atomic E-state index is 0.252. The fourth-order valence-electron chi connectivity index (χ4n) is 1.53. The SMILES string of the molecule is CO[C]1CCN(C(C)CO)CC1. The summed E-state index contributed by atoms with van der Waals surface area (Å²) in [5.74, 6) is 0. The van der Waals surface area contributed by atoms with Crippen molar-refractivity contribution in [3.05, 3.63) is 6.10 Å². The summed E-state index contributed by atoms with van der Waals surface area (Å²) in [6, 6.07) is 0.295. The van der Waals surface area contributed by atoms with Crippen molar-refractivity contribution in [2.45, 2.75) is 25.8 Å². The summed E-state index contributed by atoms with van der Waals surface area (Å²) in [5, 5.41) is 8.93. The van der Waals surface area contributed by atoms with Crippen molar-refractivity contribution in [2.24, 2.45) is 0 Å². The summed E-state index contributed by atoms with van der Waals surface area (Å²) in [6.45, 7) is 4.34. The van der Waals surface area contributed by atoms with E-state index in [1.54, 1.807) is 7.11 Å². The molecule has 1 aliphatic rings. The molecule has 1 heterocycles. The first kappa shape index (κ1) is 9.96. The molecule has 1 aliphatic heterocycles. The molecule has 1 rings (SSSR count). The van der Waals surface area contributed by atoms with Crippen molar-refractivity contribution in [3.63, 3.8) is 0 Å². The predicted molar refractivity (Wildman–Crippen MR) is 47.6 cm³/mol.